The molecule has 68 valence electrons. The van der Waals surface area contributed by atoms with Crippen molar-refractivity contribution in [3.05, 3.63) is 0 Å². The molecule has 2 rings (SSSR count). The molecular weight excluding hydrogens is 270 g/mol. The van der Waals surface area contributed by atoms with Gasteiger partial charge in [0.2, 0.25) is 0 Å². The lowest BCUT2D eigenvalue weighted by atomic mass is 9.87. The molecule has 4 atom stereocenters. The van der Waals surface area contributed by atoms with Crippen LogP contribution in [0.1, 0.15) is 6.42 Å². The molecular formula is C7H12BIO3. The van der Waals surface area contributed by atoms with Crippen molar-refractivity contribution >= 4 is 30.4 Å². The van der Waals surface area contributed by atoms with Crippen molar-refractivity contribution in [3.63, 3.8) is 0 Å². The lowest BCUT2D eigenvalue weighted by Gasteiger charge is -2.34. The first-order chi connectivity index (χ1) is 5.69. The number of ether oxygens (including phenoxy) is 2. The standard InChI is InChI=1S/C7H12BIO3/c8-6-4-5(10)7(3-9,12-6)1-2-11-4/h4-6,10H,1-3,8H2/t4-,5?,6+,7+/m0/s1. The monoisotopic (exact) mass is 282 g/mol. The summed E-state index contributed by atoms with van der Waals surface area (Å²) in [4.78, 5) is 0. The van der Waals surface area contributed by atoms with E-state index in [1.165, 1.54) is 0 Å². The van der Waals surface area contributed by atoms with Crippen LogP contribution in [0.4, 0.5) is 0 Å². The van der Waals surface area contributed by atoms with Crippen LogP contribution in [0.25, 0.3) is 0 Å². The van der Waals surface area contributed by atoms with Crippen LogP contribution in [-0.2, 0) is 9.47 Å². The lowest BCUT2D eigenvalue weighted by molar-refractivity contribution is -0.104. The Labute approximate surface area is 86.4 Å². The third-order valence-corrected chi connectivity index (χ3v) is 4.09. The SMILES string of the molecule is B[C@@H]1O[C@@]2(CI)CCO[C@H]1C2O. The van der Waals surface area contributed by atoms with Gasteiger partial charge >= 0.3 is 0 Å². The molecule has 0 saturated carbocycles. The van der Waals surface area contributed by atoms with Crippen molar-refractivity contribution in [2.45, 2.75) is 30.2 Å². The second-order valence-corrected chi connectivity index (χ2v) is 4.31. The van der Waals surface area contributed by atoms with Gasteiger partial charge in [-0.25, -0.2) is 0 Å². The summed E-state index contributed by atoms with van der Waals surface area (Å²) in [6.07, 6.45) is 0.282. The van der Waals surface area contributed by atoms with Crippen molar-refractivity contribution in [2.75, 3.05) is 11.0 Å². The minimum atomic E-state index is -0.432. The highest BCUT2D eigenvalue weighted by Gasteiger charge is 2.55. The van der Waals surface area contributed by atoms with Gasteiger partial charge in [-0.05, 0) is 0 Å². The number of halogens is 1. The predicted octanol–water partition coefficient (Wildman–Crippen LogP) is -0.701. The number of rotatable bonds is 1. The first-order valence-electron chi connectivity index (χ1n) is 4.23. The Morgan fingerprint density at radius 1 is 1.67 bits per heavy atom. The summed E-state index contributed by atoms with van der Waals surface area (Å²) in [6.45, 7) is 0.717. The molecule has 12 heavy (non-hydrogen) atoms. The fourth-order valence-electron chi connectivity index (χ4n) is 2.04. The quantitative estimate of drug-likeness (QED) is 0.392. The number of fused-ring (bicyclic) bond motifs is 2. The summed E-state index contributed by atoms with van der Waals surface area (Å²) >= 11 is 2.27. The van der Waals surface area contributed by atoms with Gasteiger partial charge in [-0.15, -0.1) is 0 Å². The largest absolute Gasteiger partial charge is 0.387 e. The molecule has 0 aromatic heterocycles. The summed E-state index contributed by atoms with van der Waals surface area (Å²) in [5.41, 5.74) is -0.317. The van der Waals surface area contributed by atoms with Crippen molar-refractivity contribution in [2.24, 2.45) is 0 Å². The van der Waals surface area contributed by atoms with Gasteiger partial charge in [-0.3, -0.25) is 0 Å². The van der Waals surface area contributed by atoms with Gasteiger partial charge in [0.1, 0.15) is 25.7 Å². The molecule has 0 radical (unpaired) electrons. The first-order valence-corrected chi connectivity index (χ1v) is 5.76. The number of aliphatic hydroxyl groups is 1. The van der Waals surface area contributed by atoms with E-state index in [1.807, 2.05) is 7.85 Å². The minimum Gasteiger partial charge on any atom is -0.387 e. The number of hydrogen-bond donors (Lipinski definition) is 1. The highest BCUT2D eigenvalue weighted by molar-refractivity contribution is 14.1. The first kappa shape index (κ1) is 9.24. The highest BCUT2D eigenvalue weighted by Crippen LogP contribution is 2.39. The maximum atomic E-state index is 9.87. The van der Waals surface area contributed by atoms with Crippen molar-refractivity contribution in [1.82, 2.24) is 0 Å². The molecule has 2 heterocycles. The molecule has 5 heteroatoms. The summed E-state index contributed by atoms with van der Waals surface area (Å²) in [7, 11) is 1.97. The van der Waals surface area contributed by atoms with E-state index in [4.69, 9.17) is 9.47 Å². The third-order valence-electron chi connectivity index (χ3n) is 2.80. The van der Waals surface area contributed by atoms with E-state index < -0.39 is 6.10 Å². The molecule has 0 aromatic rings. The maximum absolute atomic E-state index is 9.87. The zero-order valence-corrected chi connectivity index (χ0v) is 9.15. The fraction of sp³-hybridized carbons (Fsp3) is 1.00. The average Bonchev–Trinajstić information content (AvgIpc) is 2.23. The van der Waals surface area contributed by atoms with E-state index in [0.717, 1.165) is 17.5 Å². The van der Waals surface area contributed by atoms with E-state index in [0.29, 0.717) is 0 Å². The Morgan fingerprint density at radius 2 is 2.42 bits per heavy atom. The molecule has 0 amide bonds. The Balaban J connectivity index is 2.24. The lowest BCUT2D eigenvalue weighted by Crippen LogP contribution is -2.50. The molecule has 2 bridgehead atoms. The van der Waals surface area contributed by atoms with Crippen LogP contribution < -0.4 is 0 Å². The summed E-state index contributed by atoms with van der Waals surface area (Å²) in [5, 5.41) is 9.87. The summed E-state index contributed by atoms with van der Waals surface area (Å²) < 4.78 is 12.0. The van der Waals surface area contributed by atoms with Crippen LogP contribution >= 0.6 is 22.6 Å². The van der Waals surface area contributed by atoms with E-state index >= 15 is 0 Å². The fourth-order valence-corrected chi connectivity index (χ4v) is 3.05. The summed E-state index contributed by atoms with van der Waals surface area (Å²) in [5.74, 6) is 0. The third kappa shape index (κ3) is 1.13. The van der Waals surface area contributed by atoms with Crippen molar-refractivity contribution < 1.29 is 14.6 Å². The van der Waals surface area contributed by atoms with Gasteiger partial charge in [-0.2, -0.15) is 0 Å². The van der Waals surface area contributed by atoms with Crippen LogP contribution in [0.2, 0.25) is 0 Å². The van der Waals surface area contributed by atoms with Crippen LogP contribution in [0, 0.1) is 0 Å². The molecule has 2 aliphatic rings. The Morgan fingerprint density at radius 3 is 3.00 bits per heavy atom. The van der Waals surface area contributed by atoms with Gasteiger partial charge in [0.25, 0.3) is 0 Å². The second kappa shape index (κ2) is 3.11. The van der Waals surface area contributed by atoms with Gasteiger partial charge in [0, 0.05) is 10.8 Å². The van der Waals surface area contributed by atoms with Crippen LogP contribution in [0.3, 0.4) is 0 Å². The number of hydrogen-bond acceptors (Lipinski definition) is 3. The van der Waals surface area contributed by atoms with Gasteiger partial charge < -0.3 is 14.6 Å². The van der Waals surface area contributed by atoms with E-state index in [-0.39, 0.29) is 17.7 Å². The topological polar surface area (TPSA) is 38.7 Å². The molecule has 2 fully saturated rings. The molecule has 0 spiro atoms. The average molecular weight is 282 g/mol. The molecule has 2 aliphatic heterocycles. The smallest absolute Gasteiger partial charge is 0.142 e. The molecule has 0 aliphatic carbocycles. The highest BCUT2D eigenvalue weighted by atomic mass is 127. The molecule has 0 aromatic carbocycles. The molecule has 1 N–H and O–H groups in total. The van der Waals surface area contributed by atoms with E-state index in [9.17, 15) is 5.11 Å². The van der Waals surface area contributed by atoms with Crippen molar-refractivity contribution in [1.29, 1.82) is 0 Å². The van der Waals surface area contributed by atoms with Gasteiger partial charge in [-0.1, -0.05) is 22.6 Å². The molecule has 2 saturated heterocycles. The maximum Gasteiger partial charge on any atom is 0.142 e. The van der Waals surface area contributed by atoms with Crippen LogP contribution in [-0.4, -0.2) is 47.8 Å². The van der Waals surface area contributed by atoms with Crippen LogP contribution in [0.5, 0.6) is 0 Å². The Bertz CT molecular complexity index is 191. The van der Waals surface area contributed by atoms with Crippen LogP contribution in [0.15, 0.2) is 0 Å². The summed E-state index contributed by atoms with van der Waals surface area (Å²) in [6, 6.07) is 0.0391. The zero-order valence-electron chi connectivity index (χ0n) is 7.00. The van der Waals surface area contributed by atoms with Gasteiger partial charge in [0.05, 0.1) is 12.6 Å². The normalized spacial score (nSPS) is 52.7. The van der Waals surface area contributed by atoms with E-state index in [2.05, 4.69) is 22.6 Å². The molecule has 3 nitrogen and oxygen atoms in total. The molecule has 1 unspecified atom stereocenters. The minimum absolute atomic E-state index is 0.0391. The van der Waals surface area contributed by atoms with Crippen molar-refractivity contribution in [3.8, 4) is 0 Å². The number of alkyl halides is 1. The Hall–Kier alpha value is 0.675. The zero-order chi connectivity index (χ0) is 8.77. The Kier molecular flexibility index (Phi) is 2.40. The number of aliphatic hydroxyl groups excluding tert-OH is 1. The van der Waals surface area contributed by atoms with E-state index in [1.54, 1.807) is 0 Å². The predicted molar refractivity (Wildman–Crippen MR) is 55.4 cm³/mol. The van der Waals surface area contributed by atoms with Gasteiger partial charge in [0.15, 0.2) is 0 Å². The second-order valence-electron chi connectivity index (χ2n) is 3.55.